The lowest BCUT2D eigenvalue weighted by Crippen LogP contribution is -2.34. The van der Waals surface area contributed by atoms with Crippen LogP contribution in [0.15, 0.2) is 29.4 Å². The summed E-state index contributed by atoms with van der Waals surface area (Å²) in [7, 11) is 0. The second kappa shape index (κ2) is 16.6. The Kier molecular flexibility index (Phi) is 17.4. The SMILES string of the molecule is C=C/C=C(/C)N=CCC.CC.O=CN1CCOCC1. The second-order valence-corrected chi connectivity index (χ2v) is 3.52. The number of allylic oxidation sites excluding steroid dienone is 3. The lowest BCUT2D eigenvalue weighted by molar-refractivity contribution is -0.121. The molecule has 0 aromatic rings. The van der Waals surface area contributed by atoms with Crippen LogP contribution in [0.1, 0.15) is 34.1 Å². The molecule has 1 fully saturated rings. The van der Waals surface area contributed by atoms with Gasteiger partial charge in [0.25, 0.3) is 0 Å². The van der Waals surface area contributed by atoms with Crippen molar-refractivity contribution in [3.8, 4) is 0 Å². The third-order valence-electron chi connectivity index (χ3n) is 2.03. The van der Waals surface area contributed by atoms with Crippen LogP contribution in [-0.2, 0) is 9.53 Å². The summed E-state index contributed by atoms with van der Waals surface area (Å²) in [6, 6.07) is 0. The van der Waals surface area contributed by atoms with Crippen molar-refractivity contribution in [2.45, 2.75) is 34.1 Å². The van der Waals surface area contributed by atoms with Gasteiger partial charge in [0.2, 0.25) is 6.41 Å². The molecule has 0 aromatic carbocycles. The van der Waals surface area contributed by atoms with Crippen molar-refractivity contribution in [2.24, 2.45) is 4.99 Å². The van der Waals surface area contributed by atoms with Gasteiger partial charge < -0.3 is 9.64 Å². The van der Waals surface area contributed by atoms with Crippen LogP contribution in [0.25, 0.3) is 0 Å². The van der Waals surface area contributed by atoms with Crippen LogP contribution in [0.2, 0.25) is 0 Å². The fourth-order valence-electron chi connectivity index (χ4n) is 1.13. The summed E-state index contributed by atoms with van der Waals surface area (Å²) >= 11 is 0. The van der Waals surface area contributed by atoms with Crippen LogP contribution in [0.4, 0.5) is 0 Å². The van der Waals surface area contributed by atoms with Gasteiger partial charge in [-0.2, -0.15) is 0 Å². The molecule has 0 atom stereocenters. The maximum Gasteiger partial charge on any atom is 0.209 e. The number of carbonyl (C=O) groups is 1. The van der Waals surface area contributed by atoms with Crippen molar-refractivity contribution in [1.82, 2.24) is 4.90 Å². The summed E-state index contributed by atoms with van der Waals surface area (Å²) < 4.78 is 5.00. The lowest BCUT2D eigenvalue weighted by atomic mass is 10.4. The van der Waals surface area contributed by atoms with Crippen molar-refractivity contribution in [3.05, 3.63) is 24.4 Å². The largest absolute Gasteiger partial charge is 0.378 e. The fourth-order valence-corrected chi connectivity index (χ4v) is 1.13. The topological polar surface area (TPSA) is 41.9 Å². The first-order chi connectivity index (χ1) is 9.24. The Balaban J connectivity index is 0. The monoisotopic (exact) mass is 268 g/mol. The molecule has 0 unspecified atom stereocenters. The number of carbonyl (C=O) groups excluding carboxylic acids is 1. The van der Waals surface area contributed by atoms with Gasteiger partial charge in [-0.25, -0.2) is 0 Å². The van der Waals surface area contributed by atoms with E-state index in [1.807, 2.05) is 33.1 Å². The number of amides is 1. The molecule has 0 spiro atoms. The highest BCUT2D eigenvalue weighted by molar-refractivity contribution is 5.58. The summed E-state index contributed by atoms with van der Waals surface area (Å²) in [4.78, 5) is 15.8. The molecule has 0 aliphatic carbocycles. The van der Waals surface area contributed by atoms with E-state index in [0.717, 1.165) is 31.6 Å². The summed E-state index contributed by atoms with van der Waals surface area (Å²) in [6.45, 7) is 14.5. The average molecular weight is 268 g/mol. The zero-order valence-electron chi connectivity index (χ0n) is 12.8. The lowest BCUT2D eigenvalue weighted by Gasteiger charge is -2.21. The van der Waals surface area contributed by atoms with Gasteiger partial charge in [0.1, 0.15) is 0 Å². The predicted molar refractivity (Wildman–Crippen MR) is 82.5 cm³/mol. The minimum Gasteiger partial charge on any atom is -0.378 e. The van der Waals surface area contributed by atoms with Crippen molar-refractivity contribution in [3.63, 3.8) is 0 Å². The first-order valence-electron chi connectivity index (χ1n) is 6.83. The number of aliphatic imine (C=N–C) groups is 1. The number of hydrogen-bond donors (Lipinski definition) is 0. The maximum atomic E-state index is 10.0. The molecule has 110 valence electrons. The molecular weight excluding hydrogens is 240 g/mol. The van der Waals surface area contributed by atoms with Crippen molar-refractivity contribution >= 4 is 12.6 Å². The van der Waals surface area contributed by atoms with E-state index in [1.165, 1.54) is 0 Å². The van der Waals surface area contributed by atoms with Crippen LogP contribution < -0.4 is 0 Å². The standard InChI is InChI=1S/C8H13N.C5H9NO2.C2H6/c1-4-6-8(3)9-7-5-2;7-5-6-1-3-8-4-2-6;1-2/h4,6-7H,1,5H2,2-3H3;5H,1-4H2;1-2H3/b8-6-,9-7?;;. The van der Waals surface area contributed by atoms with Gasteiger partial charge in [-0.15, -0.1) is 0 Å². The Labute approximate surface area is 117 Å². The van der Waals surface area contributed by atoms with Gasteiger partial charge in [0.15, 0.2) is 0 Å². The third kappa shape index (κ3) is 14.5. The number of rotatable bonds is 4. The summed E-state index contributed by atoms with van der Waals surface area (Å²) in [5, 5.41) is 0. The molecule has 4 nitrogen and oxygen atoms in total. The van der Waals surface area contributed by atoms with Gasteiger partial charge in [-0.3, -0.25) is 9.79 Å². The van der Waals surface area contributed by atoms with E-state index in [2.05, 4.69) is 18.5 Å². The van der Waals surface area contributed by atoms with Crippen molar-refractivity contribution < 1.29 is 9.53 Å². The van der Waals surface area contributed by atoms with E-state index >= 15 is 0 Å². The predicted octanol–water partition coefficient (Wildman–Crippen LogP) is 3.06. The number of hydrogen-bond acceptors (Lipinski definition) is 3. The Morgan fingerprint density at radius 3 is 2.32 bits per heavy atom. The number of morpholine rings is 1. The van der Waals surface area contributed by atoms with E-state index in [-0.39, 0.29) is 0 Å². The Hall–Kier alpha value is -1.42. The van der Waals surface area contributed by atoms with Crippen molar-refractivity contribution in [1.29, 1.82) is 0 Å². The smallest absolute Gasteiger partial charge is 0.209 e. The van der Waals surface area contributed by atoms with Crippen LogP contribution in [0.3, 0.4) is 0 Å². The van der Waals surface area contributed by atoms with E-state index < -0.39 is 0 Å². The van der Waals surface area contributed by atoms with Crippen molar-refractivity contribution in [2.75, 3.05) is 26.3 Å². The third-order valence-corrected chi connectivity index (χ3v) is 2.03. The normalized spacial score (nSPS) is 14.9. The van der Waals surface area contributed by atoms with Gasteiger partial charge in [0.05, 0.1) is 13.2 Å². The molecule has 1 heterocycles. The summed E-state index contributed by atoms with van der Waals surface area (Å²) in [5.41, 5.74) is 1.01. The van der Waals surface area contributed by atoms with E-state index in [4.69, 9.17) is 4.74 Å². The van der Waals surface area contributed by atoms with E-state index in [1.54, 1.807) is 11.0 Å². The van der Waals surface area contributed by atoms with Gasteiger partial charge >= 0.3 is 0 Å². The molecular formula is C15H28N2O2. The van der Waals surface area contributed by atoms with E-state index in [0.29, 0.717) is 13.2 Å². The molecule has 0 radical (unpaired) electrons. The van der Waals surface area contributed by atoms with Gasteiger partial charge in [-0.05, 0) is 19.4 Å². The molecule has 0 aromatic heterocycles. The average Bonchev–Trinajstić information content (AvgIpc) is 2.49. The first-order valence-corrected chi connectivity index (χ1v) is 6.83. The van der Waals surface area contributed by atoms with Gasteiger partial charge in [0, 0.05) is 25.0 Å². The van der Waals surface area contributed by atoms with Gasteiger partial charge in [-0.1, -0.05) is 33.4 Å². The molecule has 1 aliphatic heterocycles. The fraction of sp³-hybridized carbons (Fsp3) is 0.600. The molecule has 1 amide bonds. The highest BCUT2D eigenvalue weighted by atomic mass is 16.5. The molecule has 1 saturated heterocycles. The van der Waals surface area contributed by atoms with Crippen LogP contribution in [-0.4, -0.2) is 43.8 Å². The Morgan fingerprint density at radius 1 is 1.37 bits per heavy atom. The quantitative estimate of drug-likeness (QED) is 0.447. The first kappa shape index (κ1) is 19.9. The molecule has 19 heavy (non-hydrogen) atoms. The number of ether oxygens (including phenoxy) is 1. The minimum absolute atomic E-state index is 0.693. The molecule has 0 saturated carbocycles. The molecule has 1 rings (SSSR count). The highest BCUT2D eigenvalue weighted by Crippen LogP contribution is 1.92. The van der Waals surface area contributed by atoms with E-state index in [9.17, 15) is 4.79 Å². The maximum absolute atomic E-state index is 10.0. The zero-order valence-corrected chi connectivity index (χ0v) is 12.8. The highest BCUT2D eigenvalue weighted by Gasteiger charge is 2.05. The van der Waals surface area contributed by atoms with Crippen LogP contribution >= 0.6 is 0 Å². The summed E-state index contributed by atoms with van der Waals surface area (Å²) in [5.74, 6) is 0. The molecule has 0 N–H and O–H groups in total. The molecule has 1 aliphatic rings. The second-order valence-electron chi connectivity index (χ2n) is 3.52. The van der Waals surface area contributed by atoms with Crippen LogP contribution in [0, 0.1) is 0 Å². The van der Waals surface area contributed by atoms with Crippen LogP contribution in [0.5, 0.6) is 0 Å². The Bertz CT molecular complexity index is 267. The Morgan fingerprint density at radius 2 is 1.95 bits per heavy atom. The minimum atomic E-state index is 0.693. The zero-order chi connectivity index (χ0) is 14.9. The molecule has 4 heteroatoms. The summed E-state index contributed by atoms with van der Waals surface area (Å²) in [6.07, 6.45) is 7.36. The number of nitrogens with zero attached hydrogens (tertiary/aromatic N) is 2. The molecule has 0 bridgehead atoms.